The second-order valence-electron chi connectivity index (χ2n) is 7.12. The highest BCUT2D eigenvalue weighted by molar-refractivity contribution is 5.92. The van der Waals surface area contributed by atoms with Gasteiger partial charge in [0, 0.05) is 18.2 Å². The summed E-state index contributed by atoms with van der Waals surface area (Å²) in [6.07, 6.45) is 0.471. The average molecular weight is 347 g/mol. The number of carbonyl (C=O) groups excluding carboxylic acids is 1. The number of aromatic amines is 1. The fraction of sp³-hybridized carbons (Fsp3) is 0.647. The Hall–Kier alpha value is -2.22. The van der Waals surface area contributed by atoms with Crippen LogP contribution in [-0.2, 0) is 11.2 Å². The number of nitrogens with one attached hydrogen (secondary N) is 1. The van der Waals surface area contributed by atoms with Crippen molar-refractivity contribution in [1.29, 1.82) is 0 Å². The second kappa shape index (κ2) is 7.35. The molecule has 1 atom stereocenters. The first kappa shape index (κ1) is 17.6. The zero-order valence-corrected chi connectivity index (χ0v) is 15.2. The van der Waals surface area contributed by atoms with Crippen LogP contribution in [0.2, 0.25) is 0 Å². The van der Waals surface area contributed by atoms with E-state index in [0.717, 1.165) is 12.1 Å². The molecule has 1 fully saturated rings. The Kier molecular flexibility index (Phi) is 5.17. The molecule has 1 aliphatic heterocycles. The van der Waals surface area contributed by atoms with E-state index in [1.54, 1.807) is 4.90 Å². The predicted octanol–water partition coefficient (Wildman–Crippen LogP) is 2.33. The van der Waals surface area contributed by atoms with Gasteiger partial charge in [0.25, 0.3) is 5.91 Å². The smallest absolute Gasteiger partial charge is 0.274 e. The molecule has 8 heteroatoms. The fourth-order valence-corrected chi connectivity index (χ4v) is 2.77. The number of rotatable bonds is 5. The van der Waals surface area contributed by atoms with Gasteiger partial charge >= 0.3 is 0 Å². The molecule has 0 bridgehead atoms. The van der Waals surface area contributed by atoms with E-state index in [1.807, 2.05) is 19.9 Å². The molecule has 0 aliphatic carbocycles. The standard InChI is InChI=1S/C17H25N5O3/c1-10(2)7-12-8-13(19-18-12)17(23)22-5-6-24-14(9-22)16-21-20-15(25-16)11(3)4/h8,10-11,14H,5-7,9H2,1-4H3,(H,18,19)/t14-/m0/s1. The van der Waals surface area contributed by atoms with Gasteiger partial charge in [-0.25, -0.2) is 0 Å². The van der Waals surface area contributed by atoms with Crippen LogP contribution in [0.4, 0.5) is 0 Å². The topological polar surface area (TPSA) is 97.1 Å². The highest BCUT2D eigenvalue weighted by Gasteiger charge is 2.30. The number of hydrogen-bond acceptors (Lipinski definition) is 6. The average Bonchev–Trinajstić information content (AvgIpc) is 3.23. The van der Waals surface area contributed by atoms with Crippen LogP contribution in [0.15, 0.2) is 10.5 Å². The van der Waals surface area contributed by atoms with E-state index in [1.165, 1.54) is 0 Å². The SMILES string of the molecule is CC(C)Cc1cc(C(=O)N2CCO[C@H](c3nnc(C(C)C)o3)C2)n[nH]1. The summed E-state index contributed by atoms with van der Waals surface area (Å²) >= 11 is 0. The molecule has 0 unspecified atom stereocenters. The van der Waals surface area contributed by atoms with E-state index in [9.17, 15) is 4.79 Å². The summed E-state index contributed by atoms with van der Waals surface area (Å²) in [5, 5.41) is 15.2. The summed E-state index contributed by atoms with van der Waals surface area (Å²) in [6.45, 7) is 9.56. The molecule has 2 aromatic heterocycles. The van der Waals surface area contributed by atoms with Crippen molar-refractivity contribution in [2.45, 2.75) is 46.1 Å². The maximum atomic E-state index is 12.7. The first-order valence-electron chi connectivity index (χ1n) is 8.72. The minimum Gasteiger partial charge on any atom is -0.422 e. The molecule has 8 nitrogen and oxygen atoms in total. The van der Waals surface area contributed by atoms with Gasteiger partial charge in [-0.2, -0.15) is 5.10 Å². The van der Waals surface area contributed by atoms with Gasteiger partial charge in [-0.1, -0.05) is 27.7 Å². The van der Waals surface area contributed by atoms with Gasteiger partial charge in [-0.05, 0) is 18.4 Å². The summed E-state index contributed by atoms with van der Waals surface area (Å²) in [5.41, 5.74) is 1.41. The van der Waals surface area contributed by atoms with Gasteiger partial charge in [0.15, 0.2) is 6.10 Å². The fourth-order valence-electron chi connectivity index (χ4n) is 2.77. The number of hydrogen-bond donors (Lipinski definition) is 1. The molecule has 3 heterocycles. The molecule has 2 aromatic rings. The summed E-state index contributed by atoms with van der Waals surface area (Å²) < 4.78 is 11.4. The van der Waals surface area contributed by atoms with Crippen molar-refractivity contribution in [3.05, 3.63) is 29.2 Å². The van der Waals surface area contributed by atoms with Gasteiger partial charge in [-0.3, -0.25) is 9.89 Å². The third kappa shape index (κ3) is 4.07. The van der Waals surface area contributed by atoms with Crippen molar-refractivity contribution in [2.24, 2.45) is 5.92 Å². The molecule has 25 heavy (non-hydrogen) atoms. The van der Waals surface area contributed by atoms with Gasteiger partial charge in [0.05, 0.1) is 13.2 Å². The third-order valence-electron chi connectivity index (χ3n) is 4.06. The Bertz CT molecular complexity index is 721. The number of H-pyrrole nitrogens is 1. The van der Waals surface area contributed by atoms with Crippen LogP contribution in [0.1, 0.15) is 67.7 Å². The lowest BCUT2D eigenvalue weighted by Gasteiger charge is -2.30. The maximum absolute atomic E-state index is 12.7. The predicted molar refractivity (Wildman–Crippen MR) is 90.1 cm³/mol. The normalized spacial score (nSPS) is 18.3. The maximum Gasteiger partial charge on any atom is 0.274 e. The molecule has 0 radical (unpaired) electrons. The zero-order chi connectivity index (χ0) is 18.0. The Labute approximate surface area is 146 Å². The third-order valence-corrected chi connectivity index (χ3v) is 4.06. The second-order valence-corrected chi connectivity index (χ2v) is 7.12. The van der Waals surface area contributed by atoms with Crippen LogP contribution >= 0.6 is 0 Å². The molecule has 0 aromatic carbocycles. The lowest BCUT2D eigenvalue weighted by Crippen LogP contribution is -2.42. The van der Waals surface area contributed by atoms with Crippen LogP contribution in [0.3, 0.4) is 0 Å². The highest BCUT2D eigenvalue weighted by Crippen LogP contribution is 2.24. The summed E-state index contributed by atoms with van der Waals surface area (Å²) in [5.74, 6) is 1.55. The van der Waals surface area contributed by atoms with E-state index in [-0.39, 0.29) is 11.8 Å². The quantitative estimate of drug-likeness (QED) is 0.891. The van der Waals surface area contributed by atoms with Crippen molar-refractivity contribution in [3.63, 3.8) is 0 Å². The van der Waals surface area contributed by atoms with E-state index in [2.05, 4.69) is 34.2 Å². The van der Waals surface area contributed by atoms with Crippen molar-refractivity contribution in [1.82, 2.24) is 25.3 Å². The molecular weight excluding hydrogens is 322 g/mol. The van der Waals surface area contributed by atoms with E-state index >= 15 is 0 Å². The van der Waals surface area contributed by atoms with Crippen LogP contribution in [-0.4, -0.2) is 50.9 Å². The Morgan fingerprint density at radius 3 is 2.84 bits per heavy atom. The van der Waals surface area contributed by atoms with Crippen molar-refractivity contribution >= 4 is 5.91 Å². The van der Waals surface area contributed by atoms with Crippen LogP contribution in [0, 0.1) is 5.92 Å². The molecule has 1 N–H and O–H groups in total. The monoisotopic (exact) mass is 347 g/mol. The highest BCUT2D eigenvalue weighted by atomic mass is 16.5. The summed E-state index contributed by atoms with van der Waals surface area (Å²) in [6, 6.07) is 1.83. The number of amides is 1. The van der Waals surface area contributed by atoms with Crippen molar-refractivity contribution in [3.8, 4) is 0 Å². The molecule has 0 saturated carbocycles. The molecule has 136 valence electrons. The first-order chi connectivity index (χ1) is 11.9. The number of carbonyl (C=O) groups is 1. The number of ether oxygens (including phenoxy) is 1. The molecule has 1 aliphatic rings. The number of nitrogens with zero attached hydrogens (tertiary/aromatic N) is 4. The summed E-state index contributed by atoms with van der Waals surface area (Å²) in [7, 11) is 0. The Morgan fingerprint density at radius 2 is 2.16 bits per heavy atom. The lowest BCUT2D eigenvalue weighted by atomic mass is 10.1. The molecule has 3 rings (SSSR count). The minimum absolute atomic E-state index is 0.108. The molecule has 1 saturated heterocycles. The first-order valence-corrected chi connectivity index (χ1v) is 8.72. The van der Waals surface area contributed by atoms with Crippen LogP contribution < -0.4 is 0 Å². The Morgan fingerprint density at radius 1 is 1.36 bits per heavy atom. The van der Waals surface area contributed by atoms with Crippen molar-refractivity contribution < 1.29 is 13.9 Å². The van der Waals surface area contributed by atoms with Crippen LogP contribution in [0.5, 0.6) is 0 Å². The number of aromatic nitrogens is 4. The van der Waals surface area contributed by atoms with Crippen molar-refractivity contribution in [2.75, 3.05) is 19.7 Å². The molecule has 0 spiro atoms. The van der Waals surface area contributed by atoms with E-state index < -0.39 is 6.10 Å². The van der Waals surface area contributed by atoms with Gasteiger partial charge in [0.2, 0.25) is 11.8 Å². The minimum atomic E-state index is -0.397. The lowest BCUT2D eigenvalue weighted by molar-refractivity contribution is -0.0352. The van der Waals surface area contributed by atoms with Crippen LogP contribution in [0.25, 0.3) is 0 Å². The number of morpholine rings is 1. The Balaban J connectivity index is 1.67. The van der Waals surface area contributed by atoms with Gasteiger partial charge in [-0.15, -0.1) is 10.2 Å². The molecular formula is C17H25N5O3. The van der Waals surface area contributed by atoms with Gasteiger partial charge in [0.1, 0.15) is 5.69 Å². The zero-order valence-electron chi connectivity index (χ0n) is 15.2. The van der Waals surface area contributed by atoms with Gasteiger partial charge < -0.3 is 14.1 Å². The summed E-state index contributed by atoms with van der Waals surface area (Å²) in [4.78, 5) is 14.4. The van der Waals surface area contributed by atoms with E-state index in [0.29, 0.717) is 43.1 Å². The molecule has 1 amide bonds. The van der Waals surface area contributed by atoms with E-state index in [4.69, 9.17) is 9.15 Å². The largest absolute Gasteiger partial charge is 0.422 e.